The van der Waals surface area contributed by atoms with Crippen molar-refractivity contribution in [1.82, 2.24) is 14.9 Å². The van der Waals surface area contributed by atoms with Gasteiger partial charge < -0.3 is 14.6 Å². The van der Waals surface area contributed by atoms with Gasteiger partial charge in [0.25, 0.3) is 0 Å². The van der Waals surface area contributed by atoms with Crippen LogP contribution in [0, 0.1) is 0 Å². The number of methoxy groups -OCH3 is 1. The van der Waals surface area contributed by atoms with Crippen LogP contribution < -0.4 is 4.74 Å². The van der Waals surface area contributed by atoms with Gasteiger partial charge in [0.05, 0.1) is 7.11 Å². The van der Waals surface area contributed by atoms with E-state index in [2.05, 4.69) is 9.97 Å². The van der Waals surface area contributed by atoms with Crippen molar-refractivity contribution >= 4 is 28.4 Å². The Bertz CT molecular complexity index is 946. The summed E-state index contributed by atoms with van der Waals surface area (Å²) in [5, 5.41) is 1.51. The van der Waals surface area contributed by atoms with Crippen molar-refractivity contribution in [3.8, 4) is 5.75 Å². The second kappa shape index (κ2) is 7.61. The molecule has 1 fully saturated rings. The van der Waals surface area contributed by atoms with E-state index in [0.29, 0.717) is 11.6 Å². The maximum atomic E-state index is 12.9. The zero-order valence-electron chi connectivity index (χ0n) is 15.2. The molecule has 6 heteroatoms. The van der Waals surface area contributed by atoms with Gasteiger partial charge >= 0.3 is 0 Å². The molecule has 1 N–H and O–H groups in total. The zero-order valence-corrected chi connectivity index (χ0v) is 16.0. The molecule has 1 saturated heterocycles. The summed E-state index contributed by atoms with van der Waals surface area (Å²) in [5.41, 5.74) is 3.07. The van der Waals surface area contributed by atoms with E-state index in [-0.39, 0.29) is 11.8 Å². The number of benzene rings is 1. The van der Waals surface area contributed by atoms with Gasteiger partial charge in [-0.05, 0) is 48.2 Å². The summed E-state index contributed by atoms with van der Waals surface area (Å²) >= 11 is 5.98. The Hall–Kier alpha value is -2.53. The fourth-order valence-electron chi connectivity index (χ4n) is 3.81. The Kier molecular flexibility index (Phi) is 5.03. The Balaban J connectivity index is 1.75. The Labute approximate surface area is 163 Å². The molecule has 27 heavy (non-hydrogen) atoms. The molecule has 4 rings (SSSR count). The van der Waals surface area contributed by atoms with E-state index in [9.17, 15) is 4.79 Å². The summed E-state index contributed by atoms with van der Waals surface area (Å²) in [6.45, 7) is 1.71. The van der Waals surface area contributed by atoms with Crippen LogP contribution in [0.3, 0.4) is 0 Å². The number of nitrogens with zero attached hydrogens (tertiary/aromatic N) is 2. The maximum absolute atomic E-state index is 12.9. The van der Waals surface area contributed by atoms with Gasteiger partial charge in [-0.1, -0.05) is 17.7 Å². The van der Waals surface area contributed by atoms with E-state index in [1.807, 2.05) is 35.4 Å². The molecule has 140 valence electrons. The number of carbonyl (C=O) groups excluding carboxylic acids is 1. The normalized spacial score (nSPS) is 15.3. The third-order valence-corrected chi connectivity index (χ3v) is 5.51. The van der Waals surface area contributed by atoms with Gasteiger partial charge in [0.2, 0.25) is 5.91 Å². The smallest absolute Gasteiger partial charge is 0.223 e. The minimum absolute atomic E-state index is 0.0938. The molecule has 1 aliphatic heterocycles. The van der Waals surface area contributed by atoms with E-state index in [4.69, 9.17) is 16.3 Å². The highest BCUT2D eigenvalue weighted by molar-refractivity contribution is 6.29. The standard InChI is InChI=1S/C21H22ClN3O2/c1-27-15-5-6-19-17(10-15)18(13-23-19)16(14-4-7-20(22)24-12-14)11-21(26)25-8-2-3-9-25/h4-7,10,12-13,16,23H,2-3,8-9,11H2,1H3/t16-/m0/s1. The van der Waals surface area contributed by atoms with Gasteiger partial charge in [-0.3, -0.25) is 4.79 Å². The molecule has 3 heterocycles. The van der Waals surface area contributed by atoms with Crippen LogP contribution in [0.25, 0.3) is 10.9 Å². The summed E-state index contributed by atoms with van der Waals surface area (Å²) in [6, 6.07) is 9.67. The highest BCUT2D eigenvalue weighted by atomic mass is 35.5. The van der Waals surface area contributed by atoms with Gasteiger partial charge in [-0.25, -0.2) is 4.98 Å². The SMILES string of the molecule is COc1ccc2[nH]cc([C@@H](CC(=O)N3CCCC3)c3ccc(Cl)nc3)c2c1. The lowest BCUT2D eigenvalue weighted by atomic mass is 9.88. The summed E-state index contributed by atoms with van der Waals surface area (Å²) < 4.78 is 5.39. The Morgan fingerprint density at radius 3 is 2.81 bits per heavy atom. The molecular weight excluding hydrogens is 362 g/mol. The molecule has 2 aromatic heterocycles. The fraction of sp³-hybridized carbons (Fsp3) is 0.333. The fourth-order valence-corrected chi connectivity index (χ4v) is 3.92. The molecule has 0 radical (unpaired) electrons. The second-order valence-electron chi connectivity index (χ2n) is 6.91. The summed E-state index contributed by atoms with van der Waals surface area (Å²) in [4.78, 5) is 22.4. The van der Waals surface area contributed by atoms with Crippen LogP contribution >= 0.6 is 11.6 Å². The first-order chi connectivity index (χ1) is 13.2. The number of fused-ring (bicyclic) bond motifs is 1. The minimum Gasteiger partial charge on any atom is -0.497 e. The molecule has 0 unspecified atom stereocenters. The predicted octanol–water partition coefficient (Wildman–Crippen LogP) is 4.37. The van der Waals surface area contributed by atoms with Crippen LogP contribution in [0.2, 0.25) is 5.15 Å². The number of aromatic amines is 1. The van der Waals surface area contributed by atoms with Crippen LogP contribution in [-0.2, 0) is 4.79 Å². The summed E-state index contributed by atoms with van der Waals surface area (Å²) in [6.07, 6.45) is 6.34. The topological polar surface area (TPSA) is 58.2 Å². The van der Waals surface area contributed by atoms with E-state index >= 15 is 0 Å². The lowest BCUT2D eigenvalue weighted by Crippen LogP contribution is -2.29. The molecule has 1 aromatic carbocycles. The van der Waals surface area contributed by atoms with Gasteiger partial charge in [0.1, 0.15) is 10.9 Å². The summed E-state index contributed by atoms with van der Waals surface area (Å²) in [7, 11) is 1.66. The number of hydrogen-bond acceptors (Lipinski definition) is 3. The first-order valence-electron chi connectivity index (χ1n) is 9.20. The number of amides is 1. The second-order valence-corrected chi connectivity index (χ2v) is 7.30. The first-order valence-corrected chi connectivity index (χ1v) is 9.58. The predicted molar refractivity (Wildman–Crippen MR) is 106 cm³/mol. The minimum atomic E-state index is -0.0938. The highest BCUT2D eigenvalue weighted by Crippen LogP contribution is 2.35. The molecule has 0 aliphatic carbocycles. The largest absolute Gasteiger partial charge is 0.497 e. The molecule has 1 amide bonds. The van der Waals surface area contributed by atoms with Crippen molar-refractivity contribution in [3.05, 3.63) is 59.0 Å². The number of H-pyrrole nitrogens is 1. The maximum Gasteiger partial charge on any atom is 0.223 e. The van der Waals surface area contributed by atoms with Crippen molar-refractivity contribution in [1.29, 1.82) is 0 Å². The average Bonchev–Trinajstić information content (AvgIpc) is 3.36. The molecule has 3 aromatic rings. The average molecular weight is 384 g/mol. The van der Waals surface area contributed by atoms with Crippen molar-refractivity contribution in [3.63, 3.8) is 0 Å². The van der Waals surface area contributed by atoms with Crippen molar-refractivity contribution in [2.75, 3.05) is 20.2 Å². The van der Waals surface area contributed by atoms with Crippen LogP contribution in [0.1, 0.15) is 36.3 Å². The van der Waals surface area contributed by atoms with E-state index in [0.717, 1.165) is 53.7 Å². The molecule has 1 aliphatic rings. The van der Waals surface area contributed by atoms with Gasteiger partial charge in [-0.2, -0.15) is 0 Å². The third-order valence-electron chi connectivity index (χ3n) is 5.29. The molecule has 0 saturated carbocycles. The monoisotopic (exact) mass is 383 g/mol. The van der Waals surface area contributed by atoms with E-state index in [1.165, 1.54) is 0 Å². The number of nitrogens with one attached hydrogen (secondary N) is 1. The van der Waals surface area contributed by atoms with Crippen molar-refractivity contribution < 1.29 is 9.53 Å². The van der Waals surface area contributed by atoms with E-state index < -0.39 is 0 Å². The Morgan fingerprint density at radius 1 is 1.30 bits per heavy atom. The van der Waals surface area contributed by atoms with Crippen LogP contribution in [0.4, 0.5) is 0 Å². The van der Waals surface area contributed by atoms with Gasteiger partial charge in [-0.15, -0.1) is 0 Å². The molecule has 5 nitrogen and oxygen atoms in total. The van der Waals surface area contributed by atoms with Crippen LogP contribution in [0.15, 0.2) is 42.7 Å². The molecule has 0 spiro atoms. The zero-order chi connectivity index (χ0) is 18.8. The highest BCUT2D eigenvalue weighted by Gasteiger charge is 2.26. The van der Waals surface area contributed by atoms with Crippen LogP contribution in [0.5, 0.6) is 5.75 Å². The third kappa shape index (κ3) is 3.65. The number of halogens is 1. The quantitative estimate of drug-likeness (QED) is 0.665. The number of rotatable bonds is 5. The van der Waals surface area contributed by atoms with Crippen molar-refractivity contribution in [2.45, 2.75) is 25.2 Å². The summed E-state index contributed by atoms with van der Waals surface area (Å²) in [5.74, 6) is 0.885. The van der Waals surface area contributed by atoms with E-state index in [1.54, 1.807) is 19.4 Å². The number of pyridine rings is 1. The lowest BCUT2D eigenvalue weighted by molar-refractivity contribution is -0.130. The van der Waals surface area contributed by atoms with Crippen molar-refractivity contribution in [2.24, 2.45) is 0 Å². The number of carbonyl (C=O) groups is 1. The van der Waals surface area contributed by atoms with Gasteiger partial charge in [0.15, 0.2) is 0 Å². The van der Waals surface area contributed by atoms with Gasteiger partial charge in [0, 0.05) is 48.7 Å². The molecule has 1 atom stereocenters. The number of aromatic nitrogens is 2. The first kappa shape index (κ1) is 17.9. The lowest BCUT2D eigenvalue weighted by Gasteiger charge is -2.21. The Morgan fingerprint density at radius 2 is 2.11 bits per heavy atom. The molecule has 0 bridgehead atoms. The number of hydrogen-bond donors (Lipinski definition) is 1. The molecular formula is C21H22ClN3O2. The number of likely N-dealkylation sites (tertiary alicyclic amines) is 1. The van der Waals surface area contributed by atoms with Crippen LogP contribution in [-0.4, -0.2) is 41.0 Å². The number of ether oxygens (including phenoxy) is 1.